The molecule has 5 heteroatoms. The first-order chi connectivity index (χ1) is 11.7. The predicted molar refractivity (Wildman–Crippen MR) is 95.8 cm³/mol. The molecule has 0 amide bonds. The Hall–Kier alpha value is -1.23. The van der Waals surface area contributed by atoms with E-state index in [0.29, 0.717) is 17.9 Å². The summed E-state index contributed by atoms with van der Waals surface area (Å²) in [5.74, 6) is 1.05. The number of halogens is 1. The van der Waals surface area contributed by atoms with E-state index in [4.69, 9.17) is 0 Å². The molecule has 1 unspecified atom stereocenters. The fraction of sp³-hybridized carbons (Fsp3) is 0.789. The van der Waals surface area contributed by atoms with E-state index in [2.05, 4.69) is 26.7 Å². The van der Waals surface area contributed by atoms with Gasteiger partial charge in [0.15, 0.2) is 11.6 Å². The van der Waals surface area contributed by atoms with Gasteiger partial charge in [-0.25, -0.2) is 14.4 Å². The maximum Gasteiger partial charge on any atom is 0.187 e. The van der Waals surface area contributed by atoms with Crippen LogP contribution in [0, 0.1) is 11.7 Å². The van der Waals surface area contributed by atoms with Gasteiger partial charge in [-0.2, -0.15) is 0 Å². The van der Waals surface area contributed by atoms with Gasteiger partial charge in [0.05, 0.1) is 5.69 Å². The van der Waals surface area contributed by atoms with Crippen LogP contribution in [0.2, 0.25) is 0 Å². The Balaban J connectivity index is 1.49. The van der Waals surface area contributed by atoms with E-state index in [1.165, 1.54) is 45.1 Å². The van der Waals surface area contributed by atoms with Gasteiger partial charge in [-0.3, -0.25) is 0 Å². The Morgan fingerprint density at radius 2 is 1.92 bits per heavy atom. The van der Waals surface area contributed by atoms with E-state index in [1.54, 1.807) is 0 Å². The molecule has 0 aromatic carbocycles. The average Bonchev–Trinajstić information content (AvgIpc) is 2.62. The number of nitrogens with zero attached hydrogens (tertiary/aromatic N) is 4. The molecule has 0 spiro atoms. The van der Waals surface area contributed by atoms with Gasteiger partial charge in [-0.05, 0) is 64.5 Å². The highest BCUT2D eigenvalue weighted by Crippen LogP contribution is 2.27. The van der Waals surface area contributed by atoms with Gasteiger partial charge >= 0.3 is 0 Å². The molecule has 2 aliphatic heterocycles. The second-order valence-corrected chi connectivity index (χ2v) is 7.41. The van der Waals surface area contributed by atoms with Gasteiger partial charge in [-0.1, -0.05) is 13.3 Å². The number of hydrogen-bond acceptors (Lipinski definition) is 4. The minimum Gasteiger partial charge on any atom is -0.354 e. The first kappa shape index (κ1) is 17.6. The summed E-state index contributed by atoms with van der Waals surface area (Å²) >= 11 is 0. The summed E-state index contributed by atoms with van der Waals surface area (Å²) in [7, 11) is 0. The van der Waals surface area contributed by atoms with Crippen molar-refractivity contribution in [1.82, 2.24) is 14.9 Å². The number of piperidine rings is 2. The van der Waals surface area contributed by atoms with Crippen LogP contribution in [0.15, 0.2) is 6.33 Å². The molecule has 4 nitrogen and oxygen atoms in total. The molecule has 1 aromatic heterocycles. The predicted octanol–water partition coefficient (Wildman–Crippen LogP) is 3.66. The number of hydrogen-bond donors (Lipinski definition) is 0. The molecule has 1 aromatic rings. The van der Waals surface area contributed by atoms with Crippen molar-refractivity contribution in [2.45, 2.75) is 64.8 Å². The van der Waals surface area contributed by atoms with Crippen LogP contribution in [-0.2, 0) is 6.42 Å². The number of aromatic nitrogens is 2. The Labute approximate surface area is 145 Å². The highest BCUT2D eigenvalue weighted by molar-refractivity contribution is 5.41. The first-order valence-corrected chi connectivity index (χ1v) is 9.67. The second kappa shape index (κ2) is 8.24. The standard InChI is InChI=1S/C19H31FN4/c1-3-17-18(20)19(22-14-21-17)24-12-8-16(9-13-24)7-11-23-10-5-4-6-15(23)2/h14-16H,3-13H2,1-2H3. The lowest BCUT2D eigenvalue weighted by Crippen LogP contribution is -2.40. The van der Waals surface area contributed by atoms with E-state index < -0.39 is 0 Å². The van der Waals surface area contributed by atoms with Crippen LogP contribution in [-0.4, -0.2) is 47.1 Å². The molecular weight excluding hydrogens is 303 g/mol. The molecular formula is C19H31FN4. The zero-order valence-electron chi connectivity index (χ0n) is 15.2. The molecule has 0 bridgehead atoms. The first-order valence-electron chi connectivity index (χ1n) is 9.67. The van der Waals surface area contributed by atoms with Crippen LogP contribution in [0.1, 0.15) is 58.1 Å². The van der Waals surface area contributed by atoms with Crippen LogP contribution < -0.4 is 4.90 Å². The SMILES string of the molecule is CCc1ncnc(N2CCC(CCN3CCCCC3C)CC2)c1F. The summed E-state index contributed by atoms with van der Waals surface area (Å²) in [6.45, 7) is 8.63. The highest BCUT2D eigenvalue weighted by atomic mass is 19.1. The van der Waals surface area contributed by atoms with E-state index >= 15 is 0 Å². The number of anilines is 1. The van der Waals surface area contributed by atoms with E-state index in [1.807, 2.05) is 6.92 Å². The summed E-state index contributed by atoms with van der Waals surface area (Å²) in [6, 6.07) is 0.751. The molecule has 1 atom stereocenters. The minimum absolute atomic E-state index is 0.222. The fourth-order valence-corrected chi connectivity index (χ4v) is 4.13. The van der Waals surface area contributed by atoms with Crippen molar-refractivity contribution in [1.29, 1.82) is 0 Å². The van der Waals surface area contributed by atoms with Crippen molar-refractivity contribution in [3.8, 4) is 0 Å². The van der Waals surface area contributed by atoms with Gasteiger partial charge < -0.3 is 9.80 Å². The van der Waals surface area contributed by atoms with Crippen molar-refractivity contribution in [2.75, 3.05) is 31.1 Å². The van der Waals surface area contributed by atoms with Crippen molar-refractivity contribution in [2.24, 2.45) is 5.92 Å². The third-order valence-corrected chi connectivity index (χ3v) is 5.86. The summed E-state index contributed by atoms with van der Waals surface area (Å²) in [5.41, 5.74) is 0.529. The lowest BCUT2D eigenvalue weighted by Gasteiger charge is -2.37. The Bertz CT molecular complexity index is 528. The Morgan fingerprint density at radius 1 is 1.12 bits per heavy atom. The van der Waals surface area contributed by atoms with Crippen LogP contribution in [0.3, 0.4) is 0 Å². The van der Waals surface area contributed by atoms with Gasteiger partial charge in [0, 0.05) is 19.1 Å². The molecule has 2 fully saturated rings. The Kier molecular flexibility index (Phi) is 6.04. The van der Waals surface area contributed by atoms with E-state index in [9.17, 15) is 4.39 Å². The van der Waals surface area contributed by atoms with E-state index in [0.717, 1.165) is 37.9 Å². The van der Waals surface area contributed by atoms with Gasteiger partial charge in [0.25, 0.3) is 0 Å². The van der Waals surface area contributed by atoms with Crippen LogP contribution in [0.5, 0.6) is 0 Å². The fourth-order valence-electron chi connectivity index (χ4n) is 4.13. The molecule has 3 rings (SSSR count). The van der Waals surface area contributed by atoms with Crippen molar-refractivity contribution in [3.05, 3.63) is 17.8 Å². The number of likely N-dealkylation sites (tertiary alicyclic amines) is 1. The molecule has 0 aliphatic carbocycles. The van der Waals surface area contributed by atoms with Crippen molar-refractivity contribution in [3.63, 3.8) is 0 Å². The quantitative estimate of drug-likeness (QED) is 0.822. The zero-order valence-corrected chi connectivity index (χ0v) is 15.2. The monoisotopic (exact) mass is 334 g/mol. The summed E-state index contributed by atoms with van der Waals surface area (Å²) in [6.07, 6.45) is 9.79. The summed E-state index contributed by atoms with van der Waals surface area (Å²) in [5, 5.41) is 0. The van der Waals surface area contributed by atoms with Gasteiger partial charge in [-0.15, -0.1) is 0 Å². The zero-order chi connectivity index (χ0) is 16.9. The third-order valence-electron chi connectivity index (χ3n) is 5.86. The molecule has 0 N–H and O–H groups in total. The molecule has 0 radical (unpaired) electrons. The second-order valence-electron chi connectivity index (χ2n) is 7.41. The lowest BCUT2D eigenvalue weighted by molar-refractivity contribution is 0.147. The van der Waals surface area contributed by atoms with Crippen molar-refractivity contribution >= 4 is 5.82 Å². The maximum absolute atomic E-state index is 14.4. The minimum atomic E-state index is -0.222. The average molecular weight is 334 g/mol. The number of rotatable bonds is 5. The maximum atomic E-state index is 14.4. The van der Waals surface area contributed by atoms with Crippen LogP contribution in [0.4, 0.5) is 10.2 Å². The largest absolute Gasteiger partial charge is 0.354 e. The Morgan fingerprint density at radius 3 is 2.62 bits per heavy atom. The van der Waals surface area contributed by atoms with Gasteiger partial charge in [0.2, 0.25) is 0 Å². The lowest BCUT2D eigenvalue weighted by atomic mass is 9.92. The molecule has 2 aliphatic rings. The third kappa shape index (κ3) is 4.05. The number of aryl methyl sites for hydroxylation is 1. The van der Waals surface area contributed by atoms with E-state index in [-0.39, 0.29) is 5.82 Å². The summed E-state index contributed by atoms with van der Waals surface area (Å²) in [4.78, 5) is 13.0. The van der Waals surface area contributed by atoms with Gasteiger partial charge in [0.1, 0.15) is 6.33 Å². The molecule has 3 heterocycles. The molecule has 134 valence electrons. The normalized spacial score (nSPS) is 23.6. The van der Waals surface area contributed by atoms with Crippen LogP contribution in [0.25, 0.3) is 0 Å². The molecule has 0 saturated carbocycles. The highest BCUT2D eigenvalue weighted by Gasteiger charge is 2.25. The topological polar surface area (TPSA) is 32.3 Å². The van der Waals surface area contributed by atoms with Crippen LogP contribution >= 0.6 is 0 Å². The summed E-state index contributed by atoms with van der Waals surface area (Å²) < 4.78 is 14.4. The molecule has 2 saturated heterocycles. The van der Waals surface area contributed by atoms with Crippen molar-refractivity contribution < 1.29 is 4.39 Å². The smallest absolute Gasteiger partial charge is 0.187 e. The molecule has 24 heavy (non-hydrogen) atoms.